The van der Waals surface area contributed by atoms with Gasteiger partial charge in [0.25, 0.3) is 0 Å². The highest BCUT2D eigenvalue weighted by molar-refractivity contribution is 7.99. The van der Waals surface area contributed by atoms with Crippen molar-refractivity contribution in [3.05, 3.63) is 36.3 Å². The van der Waals surface area contributed by atoms with Crippen LogP contribution in [-0.4, -0.2) is 45.6 Å². The van der Waals surface area contributed by atoms with E-state index in [-0.39, 0.29) is 23.5 Å². The maximum absolute atomic E-state index is 12.9. The third kappa shape index (κ3) is 3.11. The lowest BCUT2D eigenvalue weighted by molar-refractivity contribution is -0.124. The Morgan fingerprint density at radius 3 is 2.82 bits per heavy atom. The number of aromatic amines is 1. The van der Waals surface area contributed by atoms with E-state index in [1.54, 1.807) is 18.3 Å². The Morgan fingerprint density at radius 1 is 1.36 bits per heavy atom. The van der Waals surface area contributed by atoms with E-state index in [2.05, 4.69) is 15.3 Å². The lowest BCUT2D eigenvalue weighted by atomic mass is 10.2. The summed E-state index contributed by atoms with van der Waals surface area (Å²) in [7, 11) is 0. The van der Waals surface area contributed by atoms with Gasteiger partial charge in [0, 0.05) is 13.1 Å². The molecule has 0 spiro atoms. The number of nitrogens with one attached hydrogen (secondary N) is 2. The fraction of sp³-hybridized carbons (Fsp3) is 0.214. The normalized spacial score (nSPS) is 14.2. The van der Waals surface area contributed by atoms with Gasteiger partial charge in [0.2, 0.25) is 5.91 Å². The summed E-state index contributed by atoms with van der Waals surface area (Å²) in [5, 5.41) is 3.16. The molecule has 0 bridgehead atoms. The molecule has 3 rings (SSSR count). The quantitative estimate of drug-likeness (QED) is 0.843. The number of carbonyl (C=O) groups is 2. The molecule has 6 nitrogen and oxygen atoms in total. The number of halogens is 1. The van der Waals surface area contributed by atoms with E-state index in [9.17, 15) is 14.0 Å². The summed E-state index contributed by atoms with van der Waals surface area (Å²) in [4.78, 5) is 31.7. The number of aromatic nitrogens is 2. The molecule has 1 saturated heterocycles. The van der Waals surface area contributed by atoms with Crippen LogP contribution < -0.4 is 5.32 Å². The van der Waals surface area contributed by atoms with Gasteiger partial charge in [-0.15, -0.1) is 0 Å². The minimum atomic E-state index is -0.350. The number of nitrogens with zero attached hydrogens (tertiary/aromatic N) is 2. The molecule has 0 atom stereocenters. The van der Waals surface area contributed by atoms with Crippen LogP contribution in [0.5, 0.6) is 0 Å². The van der Waals surface area contributed by atoms with Crippen LogP contribution >= 0.6 is 11.8 Å². The molecular formula is C14H13FN4O2S. The van der Waals surface area contributed by atoms with Crippen molar-refractivity contribution in [2.45, 2.75) is 5.16 Å². The van der Waals surface area contributed by atoms with Crippen molar-refractivity contribution < 1.29 is 14.0 Å². The molecule has 3 amide bonds. The highest BCUT2D eigenvalue weighted by atomic mass is 32.2. The van der Waals surface area contributed by atoms with Crippen LogP contribution in [-0.2, 0) is 4.79 Å². The Kier molecular flexibility index (Phi) is 4.10. The number of rotatable bonds is 4. The molecule has 2 aromatic rings. The minimum absolute atomic E-state index is 0.129. The molecule has 0 aliphatic carbocycles. The van der Waals surface area contributed by atoms with Crippen LogP contribution in [0, 0.1) is 5.82 Å². The molecule has 1 fully saturated rings. The molecule has 0 saturated carbocycles. The van der Waals surface area contributed by atoms with Crippen molar-refractivity contribution in [3.63, 3.8) is 0 Å². The van der Waals surface area contributed by atoms with Gasteiger partial charge in [-0.2, -0.15) is 0 Å². The Bertz CT molecular complexity index is 701. The number of imide groups is 1. The van der Waals surface area contributed by atoms with Crippen molar-refractivity contribution >= 4 is 23.7 Å². The zero-order valence-electron chi connectivity index (χ0n) is 11.5. The summed E-state index contributed by atoms with van der Waals surface area (Å²) in [5.74, 6) is -0.420. The van der Waals surface area contributed by atoms with Gasteiger partial charge in [-0.3, -0.25) is 9.69 Å². The molecule has 22 heavy (non-hydrogen) atoms. The summed E-state index contributed by atoms with van der Waals surface area (Å²) in [6.45, 7) is 0.891. The van der Waals surface area contributed by atoms with E-state index in [1.165, 1.54) is 28.8 Å². The van der Waals surface area contributed by atoms with Crippen molar-refractivity contribution in [1.82, 2.24) is 20.2 Å². The van der Waals surface area contributed by atoms with Gasteiger partial charge in [0.05, 0.1) is 17.6 Å². The second kappa shape index (κ2) is 6.18. The first kappa shape index (κ1) is 14.6. The lowest BCUT2D eigenvalue weighted by Gasteiger charge is -2.10. The molecule has 0 radical (unpaired) electrons. The van der Waals surface area contributed by atoms with E-state index in [0.29, 0.717) is 18.2 Å². The summed E-state index contributed by atoms with van der Waals surface area (Å²) < 4.78 is 12.9. The number of hydrogen-bond donors (Lipinski definition) is 2. The van der Waals surface area contributed by atoms with Crippen LogP contribution in [0.2, 0.25) is 0 Å². The number of benzene rings is 1. The standard InChI is InChI=1S/C14H13FN4O2S/c15-10-3-1-9(2-4-10)11-7-17-13(18-11)22-8-12(20)19-6-5-16-14(19)21/h1-4,7H,5-6,8H2,(H,16,21)(H,17,18). The van der Waals surface area contributed by atoms with Gasteiger partial charge in [-0.25, -0.2) is 14.2 Å². The van der Waals surface area contributed by atoms with Crippen LogP contribution in [0.1, 0.15) is 0 Å². The lowest BCUT2D eigenvalue weighted by Crippen LogP contribution is -2.35. The van der Waals surface area contributed by atoms with E-state index < -0.39 is 0 Å². The second-order valence-electron chi connectivity index (χ2n) is 4.67. The van der Waals surface area contributed by atoms with Gasteiger partial charge in [0.15, 0.2) is 5.16 Å². The van der Waals surface area contributed by atoms with Gasteiger partial charge in [-0.1, -0.05) is 11.8 Å². The highest BCUT2D eigenvalue weighted by Gasteiger charge is 2.25. The Balaban J connectivity index is 1.61. The van der Waals surface area contributed by atoms with Crippen molar-refractivity contribution in [2.24, 2.45) is 0 Å². The maximum atomic E-state index is 12.9. The molecule has 0 unspecified atom stereocenters. The molecule has 1 aliphatic heterocycles. The summed E-state index contributed by atoms with van der Waals surface area (Å²) in [5.41, 5.74) is 1.56. The number of amides is 3. The third-order valence-electron chi connectivity index (χ3n) is 3.20. The predicted octanol–water partition coefficient (Wildman–Crippen LogP) is 1.86. The fourth-order valence-corrected chi connectivity index (χ4v) is 2.80. The fourth-order valence-electron chi connectivity index (χ4n) is 2.07. The topological polar surface area (TPSA) is 78.1 Å². The predicted molar refractivity (Wildman–Crippen MR) is 79.8 cm³/mol. The molecule has 1 aromatic carbocycles. The first-order valence-electron chi connectivity index (χ1n) is 6.65. The molecule has 2 heterocycles. The Morgan fingerprint density at radius 2 is 2.14 bits per heavy atom. The van der Waals surface area contributed by atoms with E-state index in [1.807, 2.05) is 0 Å². The molecule has 8 heteroatoms. The largest absolute Gasteiger partial charge is 0.336 e. The summed E-state index contributed by atoms with van der Waals surface area (Å²) in [6, 6.07) is 5.70. The Hall–Kier alpha value is -2.35. The summed E-state index contributed by atoms with van der Waals surface area (Å²) >= 11 is 1.22. The van der Waals surface area contributed by atoms with Crippen molar-refractivity contribution in [1.29, 1.82) is 0 Å². The zero-order chi connectivity index (χ0) is 15.5. The second-order valence-corrected chi connectivity index (χ2v) is 5.64. The first-order chi connectivity index (χ1) is 10.6. The number of carbonyl (C=O) groups excluding carboxylic acids is 2. The Labute approximate surface area is 130 Å². The van der Waals surface area contributed by atoms with E-state index in [0.717, 1.165) is 11.3 Å². The van der Waals surface area contributed by atoms with Crippen molar-refractivity contribution in [3.8, 4) is 11.3 Å². The molecular weight excluding hydrogens is 307 g/mol. The zero-order valence-corrected chi connectivity index (χ0v) is 12.3. The monoisotopic (exact) mass is 320 g/mol. The number of hydrogen-bond acceptors (Lipinski definition) is 4. The van der Waals surface area contributed by atoms with Gasteiger partial charge < -0.3 is 10.3 Å². The molecule has 1 aliphatic rings. The SMILES string of the molecule is O=C(CSc1ncc(-c2ccc(F)cc2)[nH]1)N1CCNC1=O. The minimum Gasteiger partial charge on any atom is -0.336 e. The number of urea groups is 1. The highest BCUT2D eigenvalue weighted by Crippen LogP contribution is 2.22. The van der Waals surface area contributed by atoms with Crippen LogP contribution in [0.15, 0.2) is 35.6 Å². The smallest absolute Gasteiger partial charge is 0.324 e. The number of H-pyrrole nitrogens is 1. The molecule has 114 valence electrons. The first-order valence-corrected chi connectivity index (χ1v) is 7.64. The average Bonchev–Trinajstić information content (AvgIpc) is 3.14. The molecule has 1 aromatic heterocycles. The number of imidazole rings is 1. The summed E-state index contributed by atoms with van der Waals surface area (Å²) in [6.07, 6.45) is 1.63. The van der Waals surface area contributed by atoms with E-state index >= 15 is 0 Å². The maximum Gasteiger partial charge on any atom is 0.324 e. The molecule has 2 N–H and O–H groups in total. The number of thioether (sulfide) groups is 1. The van der Waals surface area contributed by atoms with Gasteiger partial charge in [0.1, 0.15) is 5.82 Å². The van der Waals surface area contributed by atoms with Gasteiger partial charge >= 0.3 is 6.03 Å². The van der Waals surface area contributed by atoms with Crippen LogP contribution in [0.4, 0.5) is 9.18 Å². The van der Waals surface area contributed by atoms with Crippen molar-refractivity contribution in [2.75, 3.05) is 18.8 Å². The van der Waals surface area contributed by atoms with Crippen LogP contribution in [0.25, 0.3) is 11.3 Å². The van der Waals surface area contributed by atoms with Crippen LogP contribution in [0.3, 0.4) is 0 Å². The van der Waals surface area contributed by atoms with Gasteiger partial charge in [-0.05, 0) is 29.8 Å². The third-order valence-corrected chi connectivity index (χ3v) is 4.07. The van der Waals surface area contributed by atoms with E-state index in [4.69, 9.17) is 0 Å². The average molecular weight is 320 g/mol.